The number of aromatic nitrogens is 2. The van der Waals surface area contributed by atoms with Crippen molar-refractivity contribution in [2.75, 3.05) is 0 Å². The molecule has 0 N–H and O–H groups in total. The summed E-state index contributed by atoms with van der Waals surface area (Å²) in [4.78, 5) is 9.14. The third-order valence-electron chi connectivity index (χ3n) is 3.57. The van der Waals surface area contributed by atoms with Crippen LogP contribution in [0.5, 0.6) is 0 Å². The number of aryl methyl sites for hydroxylation is 1. The lowest BCUT2D eigenvalue weighted by Gasteiger charge is -2.08. The maximum Gasteiger partial charge on any atom is 0.189 e. The summed E-state index contributed by atoms with van der Waals surface area (Å²) in [6.07, 6.45) is 0. The van der Waals surface area contributed by atoms with Gasteiger partial charge in [-0.25, -0.2) is 9.97 Å². The Balaban J connectivity index is 1.68. The summed E-state index contributed by atoms with van der Waals surface area (Å²) in [5.41, 5.74) is 2.93. The minimum absolute atomic E-state index is 0.625. The second-order valence-electron chi connectivity index (χ2n) is 5.68. The van der Waals surface area contributed by atoms with E-state index in [9.17, 15) is 0 Å². The molecule has 0 spiro atoms. The molecule has 8 heteroatoms. The van der Waals surface area contributed by atoms with Gasteiger partial charge in [0, 0.05) is 37.3 Å². The lowest BCUT2D eigenvalue weighted by Crippen LogP contribution is -1.94. The minimum atomic E-state index is 0.625. The standard InChI is InChI=1S/C19H14Cl4N2S2/c1-11-6-18(26-9-12-2-4-14(20)7-16(12)22)25-19(24-11)27-10-13-3-5-15(21)8-17(13)23/h2-8H,9-10H2,1H3. The predicted octanol–water partition coefficient (Wildman–Crippen LogP) is 7.98. The molecule has 0 aliphatic heterocycles. The minimum Gasteiger partial charge on any atom is -0.228 e. The third-order valence-corrected chi connectivity index (χ3v) is 6.60. The van der Waals surface area contributed by atoms with Crippen LogP contribution in [0.15, 0.2) is 52.6 Å². The predicted molar refractivity (Wildman–Crippen MR) is 119 cm³/mol. The molecule has 2 aromatic carbocycles. The maximum atomic E-state index is 6.25. The first-order valence-electron chi connectivity index (χ1n) is 7.90. The number of rotatable bonds is 6. The van der Waals surface area contributed by atoms with E-state index in [1.807, 2.05) is 37.3 Å². The van der Waals surface area contributed by atoms with Gasteiger partial charge >= 0.3 is 0 Å². The zero-order chi connectivity index (χ0) is 19.4. The van der Waals surface area contributed by atoms with Gasteiger partial charge in [0.2, 0.25) is 0 Å². The number of hydrogen-bond donors (Lipinski definition) is 0. The van der Waals surface area contributed by atoms with Gasteiger partial charge in [-0.15, -0.1) is 11.8 Å². The Labute approximate surface area is 187 Å². The Kier molecular flexibility index (Phi) is 7.60. The molecule has 0 saturated heterocycles. The number of benzene rings is 2. The van der Waals surface area contributed by atoms with Crippen LogP contribution in [0.4, 0.5) is 0 Å². The van der Waals surface area contributed by atoms with E-state index in [0.717, 1.165) is 21.8 Å². The number of halogens is 4. The van der Waals surface area contributed by atoms with Crippen LogP contribution in [0.2, 0.25) is 20.1 Å². The average molecular weight is 476 g/mol. The topological polar surface area (TPSA) is 25.8 Å². The van der Waals surface area contributed by atoms with Crippen LogP contribution in [-0.4, -0.2) is 9.97 Å². The molecule has 3 aromatic rings. The third kappa shape index (κ3) is 6.18. The number of thioether (sulfide) groups is 2. The molecule has 0 aliphatic rings. The van der Waals surface area contributed by atoms with Crippen LogP contribution in [-0.2, 0) is 11.5 Å². The molecule has 0 bridgehead atoms. The van der Waals surface area contributed by atoms with Gasteiger partial charge in [0.15, 0.2) is 5.16 Å². The quantitative estimate of drug-likeness (QED) is 0.205. The van der Waals surface area contributed by atoms with Crippen molar-refractivity contribution in [2.45, 2.75) is 28.6 Å². The van der Waals surface area contributed by atoms with Crippen molar-refractivity contribution < 1.29 is 0 Å². The SMILES string of the molecule is Cc1cc(SCc2ccc(Cl)cc2Cl)nc(SCc2ccc(Cl)cc2Cl)n1. The van der Waals surface area contributed by atoms with Crippen molar-refractivity contribution in [1.29, 1.82) is 0 Å². The van der Waals surface area contributed by atoms with Gasteiger partial charge in [-0.2, -0.15) is 0 Å². The Morgan fingerprint density at radius 2 is 1.30 bits per heavy atom. The van der Waals surface area contributed by atoms with Crippen LogP contribution in [0.3, 0.4) is 0 Å². The zero-order valence-corrected chi connectivity index (χ0v) is 18.8. The van der Waals surface area contributed by atoms with Gasteiger partial charge < -0.3 is 0 Å². The molecule has 0 fully saturated rings. The van der Waals surface area contributed by atoms with Crippen molar-refractivity contribution in [1.82, 2.24) is 9.97 Å². The van der Waals surface area contributed by atoms with E-state index in [1.165, 1.54) is 0 Å². The molecule has 0 atom stereocenters. The Bertz CT molecular complexity index is 893. The highest BCUT2D eigenvalue weighted by Crippen LogP contribution is 2.31. The van der Waals surface area contributed by atoms with Crippen LogP contribution >= 0.6 is 69.9 Å². The van der Waals surface area contributed by atoms with Gasteiger partial charge in [-0.1, -0.05) is 70.3 Å². The van der Waals surface area contributed by atoms with E-state index >= 15 is 0 Å². The number of nitrogens with zero attached hydrogens (tertiary/aromatic N) is 2. The van der Waals surface area contributed by atoms with Crippen molar-refractivity contribution in [3.8, 4) is 0 Å². The largest absolute Gasteiger partial charge is 0.228 e. The summed E-state index contributed by atoms with van der Waals surface area (Å²) in [7, 11) is 0. The first kappa shape index (κ1) is 21.1. The van der Waals surface area contributed by atoms with E-state index in [1.54, 1.807) is 35.7 Å². The molecule has 140 valence electrons. The summed E-state index contributed by atoms with van der Waals surface area (Å²) in [6.45, 7) is 1.96. The van der Waals surface area contributed by atoms with E-state index in [0.29, 0.717) is 36.8 Å². The van der Waals surface area contributed by atoms with E-state index in [4.69, 9.17) is 46.4 Å². The summed E-state index contributed by atoms with van der Waals surface area (Å²) in [5.74, 6) is 1.38. The van der Waals surface area contributed by atoms with Crippen LogP contribution in [0.25, 0.3) is 0 Å². The molecule has 1 heterocycles. The van der Waals surface area contributed by atoms with Crippen LogP contribution in [0, 0.1) is 6.92 Å². The normalized spacial score (nSPS) is 11.0. The highest BCUT2D eigenvalue weighted by Gasteiger charge is 2.08. The molecule has 0 saturated carbocycles. The second kappa shape index (κ2) is 9.73. The second-order valence-corrected chi connectivity index (χ2v) is 9.30. The van der Waals surface area contributed by atoms with E-state index in [-0.39, 0.29) is 0 Å². The fourth-order valence-corrected chi connectivity index (χ4v) is 5.26. The molecule has 2 nitrogen and oxygen atoms in total. The Hall–Kier alpha value is -0.620. The molecule has 0 aliphatic carbocycles. The fourth-order valence-electron chi connectivity index (χ4n) is 2.22. The molecule has 1 aromatic heterocycles. The van der Waals surface area contributed by atoms with Gasteiger partial charge in [0.1, 0.15) is 5.03 Å². The molecule has 3 rings (SSSR count). The van der Waals surface area contributed by atoms with Crippen molar-refractivity contribution in [2.24, 2.45) is 0 Å². The van der Waals surface area contributed by atoms with Gasteiger partial charge in [-0.05, 0) is 48.4 Å². The summed E-state index contributed by atoms with van der Waals surface area (Å²) in [5, 5.41) is 4.18. The molecular formula is C19H14Cl4N2S2. The van der Waals surface area contributed by atoms with E-state index in [2.05, 4.69) is 9.97 Å². The van der Waals surface area contributed by atoms with Gasteiger partial charge in [-0.3, -0.25) is 0 Å². The summed E-state index contributed by atoms with van der Waals surface area (Å²) in [6, 6.07) is 13.0. The molecular weight excluding hydrogens is 462 g/mol. The summed E-state index contributed by atoms with van der Waals surface area (Å²) >= 11 is 27.5. The highest BCUT2D eigenvalue weighted by molar-refractivity contribution is 7.99. The van der Waals surface area contributed by atoms with Gasteiger partial charge in [0.05, 0.1) is 0 Å². The van der Waals surface area contributed by atoms with Gasteiger partial charge in [0.25, 0.3) is 0 Å². The van der Waals surface area contributed by atoms with Crippen molar-refractivity contribution in [3.05, 3.63) is 79.4 Å². The van der Waals surface area contributed by atoms with Crippen molar-refractivity contribution in [3.63, 3.8) is 0 Å². The molecule has 0 amide bonds. The summed E-state index contributed by atoms with van der Waals surface area (Å²) < 4.78 is 0. The van der Waals surface area contributed by atoms with Crippen LogP contribution in [0.1, 0.15) is 16.8 Å². The first-order chi connectivity index (χ1) is 12.9. The average Bonchev–Trinajstić information content (AvgIpc) is 2.60. The number of hydrogen-bond acceptors (Lipinski definition) is 4. The molecule has 27 heavy (non-hydrogen) atoms. The zero-order valence-electron chi connectivity index (χ0n) is 14.2. The first-order valence-corrected chi connectivity index (χ1v) is 11.4. The maximum absolute atomic E-state index is 6.25. The lowest BCUT2D eigenvalue weighted by atomic mass is 10.2. The van der Waals surface area contributed by atoms with Crippen molar-refractivity contribution >= 4 is 69.9 Å². The van der Waals surface area contributed by atoms with Crippen LogP contribution < -0.4 is 0 Å². The Morgan fingerprint density at radius 1 is 0.741 bits per heavy atom. The fraction of sp³-hybridized carbons (Fsp3) is 0.158. The smallest absolute Gasteiger partial charge is 0.189 e. The van der Waals surface area contributed by atoms with E-state index < -0.39 is 0 Å². The lowest BCUT2D eigenvalue weighted by molar-refractivity contribution is 0.864. The molecule has 0 radical (unpaired) electrons. The monoisotopic (exact) mass is 474 g/mol. The Morgan fingerprint density at radius 3 is 1.85 bits per heavy atom. The highest BCUT2D eigenvalue weighted by atomic mass is 35.5. The molecule has 0 unspecified atom stereocenters.